The van der Waals surface area contributed by atoms with Gasteiger partial charge in [0.2, 0.25) is 0 Å². The van der Waals surface area contributed by atoms with Crippen molar-refractivity contribution >= 4 is 27.3 Å². The second kappa shape index (κ2) is 8.61. The van der Waals surface area contributed by atoms with Crippen LogP contribution in [0, 0.1) is 0 Å². The van der Waals surface area contributed by atoms with Crippen molar-refractivity contribution in [1.29, 1.82) is 0 Å². The average molecular weight is 457 g/mol. The highest BCUT2D eigenvalue weighted by Gasteiger charge is 2.38. The Bertz CT molecular complexity index is 1230. The molecule has 1 aliphatic rings. The zero-order chi connectivity index (χ0) is 22.0. The van der Waals surface area contributed by atoms with Crippen LogP contribution in [0.1, 0.15) is 23.6 Å². The number of ether oxygens (including phenoxy) is 2. The Morgan fingerprint density at radius 2 is 1.61 bits per heavy atom. The highest BCUT2D eigenvalue weighted by Crippen LogP contribution is 2.40. The number of methoxy groups -OCH3 is 2. The van der Waals surface area contributed by atoms with Gasteiger partial charge >= 0.3 is 0 Å². The van der Waals surface area contributed by atoms with Crippen molar-refractivity contribution in [3.8, 4) is 11.5 Å². The van der Waals surface area contributed by atoms with Crippen molar-refractivity contribution in [2.45, 2.75) is 17.4 Å². The van der Waals surface area contributed by atoms with Crippen molar-refractivity contribution in [3.63, 3.8) is 0 Å². The highest BCUT2D eigenvalue weighted by atomic mass is 35.5. The van der Waals surface area contributed by atoms with Crippen molar-refractivity contribution in [2.75, 3.05) is 14.2 Å². The predicted octanol–water partition coefficient (Wildman–Crippen LogP) is 4.90. The molecule has 1 heterocycles. The van der Waals surface area contributed by atoms with E-state index >= 15 is 0 Å². The molecule has 0 radical (unpaired) electrons. The van der Waals surface area contributed by atoms with E-state index in [0.717, 1.165) is 9.98 Å². The van der Waals surface area contributed by atoms with Crippen LogP contribution in [0.3, 0.4) is 0 Å². The molecule has 0 N–H and O–H groups in total. The molecule has 0 aromatic heterocycles. The molecular formula is C23H21ClN2O4S. The standard InChI is InChI=1S/C23H21ClN2O4S/c1-29-22-13-12-16(14-23(22)30-2)20-15-21(18-10-6-7-11-19(18)24)26(25-20)31(27,28)17-8-4-3-5-9-17/h3-14,21H,15H2,1-2H3. The van der Waals surface area contributed by atoms with Gasteiger partial charge in [0.1, 0.15) is 0 Å². The molecule has 160 valence electrons. The topological polar surface area (TPSA) is 68.2 Å². The van der Waals surface area contributed by atoms with E-state index in [-0.39, 0.29) is 4.90 Å². The van der Waals surface area contributed by atoms with Crippen LogP contribution < -0.4 is 9.47 Å². The summed E-state index contributed by atoms with van der Waals surface area (Å²) in [7, 11) is -0.777. The van der Waals surface area contributed by atoms with E-state index < -0.39 is 16.1 Å². The minimum absolute atomic E-state index is 0.171. The number of hydrogen-bond donors (Lipinski definition) is 0. The van der Waals surface area contributed by atoms with Crippen LogP contribution in [0.15, 0.2) is 82.8 Å². The Morgan fingerprint density at radius 3 is 2.29 bits per heavy atom. The number of nitrogens with zero attached hydrogens (tertiary/aromatic N) is 2. The number of benzene rings is 3. The molecule has 0 saturated heterocycles. The summed E-state index contributed by atoms with van der Waals surface area (Å²) in [6.07, 6.45) is 0.366. The van der Waals surface area contributed by atoms with E-state index in [1.54, 1.807) is 62.8 Å². The van der Waals surface area contributed by atoms with E-state index in [9.17, 15) is 8.42 Å². The van der Waals surface area contributed by atoms with Gasteiger partial charge in [0.25, 0.3) is 10.0 Å². The van der Waals surface area contributed by atoms with Crippen LogP contribution in [0.4, 0.5) is 0 Å². The van der Waals surface area contributed by atoms with Gasteiger partial charge in [-0.1, -0.05) is 48.0 Å². The molecule has 0 saturated carbocycles. The summed E-state index contributed by atoms with van der Waals surface area (Å²) in [6.45, 7) is 0. The molecular weight excluding hydrogens is 436 g/mol. The third-order valence-electron chi connectivity index (χ3n) is 5.14. The molecule has 3 aromatic carbocycles. The molecule has 1 aliphatic heterocycles. The summed E-state index contributed by atoms with van der Waals surface area (Å²) in [6, 6.07) is 20.3. The molecule has 0 aliphatic carbocycles. The lowest BCUT2D eigenvalue weighted by Gasteiger charge is -2.24. The monoisotopic (exact) mass is 456 g/mol. The maximum absolute atomic E-state index is 13.5. The zero-order valence-electron chi connectivity index (χ0n) is 17.0. The lowest BCUT2D eigenvalue weighted by molar-refractivity contribution is 0.355. The number of hydrogen-bond acceptors (Lipinski definition) is 5. The van der Waals surface area contributed by atoms with Crippen LogP contribution in [-0.2, 0) is 10.0 Å². The summed E-state index contributed by atoms with van der Waals surface area (Å²) >= 11 is 6.44. The van der Waals surface area contributed by atoms with E-state index in [0.29, 0.717) is 34.2 Å². The van der Waals surface area contributed by atoms with Crippen molar-refractivity contribution < 1.29 is 17.9 Å². The van der Waals surface area contributed by atoms with Gasteiger partial charge < -0.3 is 9.47 Å². The largest absolute Gasteiger partial charge is 0.493 e. The molecule has 0 fully saturated rings. The van der Waals surface area contributed by atoms with E-state index in [2.05, 4.69) is 5.10 Å². The fourth-order valence-electron chi connectivity index (χ4n) is 3.58. The molecule has 8 heteroatoms. The number of halogens is 1. The van der Waals surface area contributed by atoms with Gasteiger partial charge in [0, 0.05) is 17.0 Å². The molecule has 0 spiro atoms. The maximum atomic E-state index is 13.5. The molecule has 0 amide bonds. The van der Waals surface area contributed by atoms with Crippen LogP contribution in [0.2, 0.25) is 5.02 Å². The third kappa shape index (κ3) is 3.98. The minimum atomic E-state index is -3.89. The smallest absolute Gasteiger partial charge is 0.279 e. The van der Waals surface area contributed by atoms with Crippen molar-refractivity contribution in [3.05, 3.63) is 88.9 Å². The van der Waals surface area contributed by atoms with E-state index in [1.165, 1.54) is 0 Å². The number of hydrazone groups is 1. The summed E-state index contributed by atoms with van der Waals surface area (Å²) < 4.78 is 38.8. The molecule has 31 heavy (non-hydrogen) atoms. The Hall–Kier alpha value is -3.03. The minimum Gasteiger partial charge on any atom is -0.493 e. The fraction of sp³-hybridized carbons (Fsp3) is 0.174. The van der Waals surface area contributed by atoms with Crippen LogP contribution in [-0.4, -0.2) is 32.8 Å². The van der Waals surface area contributed by atoms with E-state index in [4.69, 9.17) is 21.1 Å². The van der Waals surface area contributed by atoms with Gasteiger partial charge in [-0.25, -0.2) is 0 Å². The van der Waals surface area contributed by atoms with Gasteiger partial charge in [0.05, 0.1) is 30.9 Å². The number of sulfonamides is 1. The Labute approximate surface area is 186 Å². The summed E-state index contributed by atoms with van der Waals surface area (Å²) in [5.74, 6) is 1.13. The first kappa shape index (κ1) is 21.2. The first-order valence-electron chi connectivity index (χ1n) is 9.59. The molecule has 0 bridgehead atoms. The Balaban J connectivity index is 1.82. The molecule has 4 rings (SSSR count). The zero-order valence-corrected chi connectivity index (χ0v) is 18.6. The SMILES string of the molecule is COc1ccc(C2=NN(S(=O)(=O)c3ccccc3)C(c3ccccc3Cl)C2)cc1OC. The summed E-state index contributed by atoms with van der Waals surface area (Å²) in [5.41, 5.74) is 2.06. The van der Waals surface area contributed by atoms with Gasteiger partial charge in [-0.15, -0.1) is 0 Å². The third-order valence-corrected chi connectivity index (χ3v) is 7.18. The Morgan fingerprint density at radius 1 is 0.935 bits per heavy atom. The second-order valence-electron chi connectivity index (χ2n) is 6.95. The highest BCUT2D eigenvalue weighted by molar-refractivity contribution is 7.89. The maximum Gasteiger partial charge on any atom is 0.279 e. The normalized spacial score (nSPS) is 16.2. The van der Waals surface area contributed by atoms with Gasteiger partial charge in [0.15, 0.2) is 11.5 Å². The van der Waals surface area contributed by atoms with Crippen LogP contribution in [0.5, 0.6) is 11.5 Å². The lowest BCUT2D eigenvalue weighted by Crippen LogP contribution is -2.27. The molecule has 1 unspecified atom stereocenters. The summed E-state index contributed by atoms with van der Waals surface area (Å²) in [4.78, 5) is 0.171. The van der Waals surface area contributed by atoms with Crippen LogP contribution >= 0.6 is 11.6 Å². The average Bonchev–Trinajstić information content (AvgIpc) is 3.25. The van der Waals surface area contributed by atoms with Crippen molar-refractivity contribution in [2.24, 2.45) is 5.10 Å². The molecule has 6 nitrogen and oxygen atoms in total. The quantitative estimate of drug-likeness (QED) is 0.529. The first-order chi connectivity index (χ1) is 15.0. The van der Waals surface area contributed by atoms with Gasteiger partial charge in [-0.3, -0.25) is 0 Å². The fourth-order valence-corrected chi connectivity index (χ4v) is 5.29. The second-order valence-corrected chi connectivity index (χ2v) is 9.15. The van der Waals surface area contributed by atoms with Gasteiger partial charge in [-0.2, -0.15) is 17.9 Å². The van der Waals surface area contributed by atoms with Crippen molar-refractivity contribution in [1.82, 2.24) is 4.41 Å². The first-order valence-corrected chi connectivity index (χ1v) is 11.4. The van der Waals surface area contributed by atoms with E-state index in [1.807, 2.05) is 24.3 Å². The molecule has 1 atom stereocenters. The predicted molar refractivity (Wildman–Crippen MR) is 120 cm³/mol. The van der Waals surface area contributed by atoms with Crippen LogP contribution in [0.25, 0.3) is 0 Å². The lowest BCUT2D eigenvalue weighted by atomic mass is 9.99. The number of rotatable bonds is 6. The molecule has 3 aromatic rings. The summed E-state index contributed by atoms with van der Waals surface area (Å²) in [5, 5.41) is 5.03. The van der Waals surface area contributed by atoms with Gasteiger partial charge in [-0.05, 0) is 42.0 Å². The Kier molecular flexibility index (Phi) is 5.89.